The minimum atomic E-state index is -3.00. The van der Waals surface area contributed by atoms with Gasteiger partial charge in [-0.2, -0.15) is 18.0 Å². The number of nitrogens with one attached hydrogen (secondary N) is 3. The Labute approximate surface area is 919 Å². The number of carbonyl (C=O) groups excluding carboxylic acids is 4. The van der Waals surface area contributed by atoms with Gasteiger partial charge in [0, 0.05) is 116 Å². The summed E-state index contributed by atoms with van der Waals surface area (Å²) in [7, 11) is 3.68. The fourth-order valence-electron chi connectivity index (χ4n) is 22.5. The van der Waals surface area contributed by atoms with Gasteiger partial charge >= 0.3 is 23.8 Å². The zero-order valence-electron chi connectivity index (χ0n) is 105. The van der Waals surface area contributed by atoms with Gasteiger partial charge in [-0.25, -0.2) is 18.0 Å². The molecule has 4 amide bonds. The van der Waals surface area contributed by atoms with Crippen molar-refractivity contribution in [3.63, 3.8) is 0 Å². The predicted molar refractivity (Wildman–Crippen MR) is 627 cm³/mol. The fourth-order valence-corrected chi connectivity index (χ4v) is 23.8. The molecule has 26 heteroatoms. The number of nitriles is 1. The molecule has 13 rings (SSSR count). The Morgan fingerprint density at radius 3 is 0.939 bits per heavy atom. The lowest BCUT2D eigenvalue weighted by Crippen LogP contribution is -2.45. The van der Waals surface area contributed by atoms with E-state index in [0.717, 1.165) is 212 Å². The van der Waals surface area contributed by atoms with Gasteiger partial charge in [0.25, 0.3) is 0 Å². The third kappa shape index (κ3) is 60.2. The first-order chi connectivity index (χ1) is 68.0. The molecule has 0 spiro atoms. The molecule has 13 fully saturated rings. The molecule has 24 nitrogen and oxygen atoms in total. The largest absolute Gasteiger partial charge is 0.444 e. The van der Waals surface area contributed by atoms with Crippen LogP contribution in [0.2, 0.25) is 0 Å². The molecule has 13 heterocycles. The monoisotopic (exact) mass is 2130 g/mol. The summed E-state index contributed by atoms with van der Waals surface area (Å²) in [6.45, 7) is 109. The lowest BCUT2D eigenvalue weighted by atomic mass is 9.63. The molecule has 5 unspecified atom stereocenters. The first kappa shape index (κ1) is 144. The molecule has 876 valence electrons. The summed E-state index contributed by atoms with van der Waals surface area (Å²) in [5.74, 6) is 12.9. The number of likely N-dealkylation sites (tertiary alicyclic amines) is 7. The number of nitrogens with zero attached hydrogens (tertiary/aromatic N) is 9. The Morgan fingerprint density at radius 2 is 0.689 bits per heavy atom. The number of hydrogen-bond donors (Lipinski definition) is 3. The van der Waals surface area contributed by atoms with Gasteiger partial charge < -0.3 is 69.2 Å². The maximum absolute atomic E-state index is 12.0. The summed E-state index contributed by atoms with van der Waals surface area (Å²) < 4.78 is 62.4. The molecule has 5 atom stereocenters. The van der Waals surface area contributed by atoms with Gasteiger partial charge in [-0.15, -0.1) is 0 Å². The summed E-state index contributed by atoms with van der Waals surface area (Å²) in [6, 6.07) is 5.00. The van der Waals surface area contributed by atoms with E-state index in [2.05, 4.69) is 279 Å². The quantitative estimate of drug-likeness (QED) is 0.204. The standard InChI is InChI=1S/2C13H25NO2.C10H19NO.C10H17NO.C10H19NO.C9H19NO2S.3C9H19N.2C8H17N.C8H16O.C6H13N.O2S/c1-12(2,3)10-8-7-9-14(10)11(15)16-13(4,5)6;1-10(2)11-6-8-14(9-7-11)12(15)16-13(3,4)5;1-8(12)11-7-5-6-9(11)10(2,3)4;1-9(2,3)10(8-11)4-6-12-7-5-10;1-8(2)10-4-6-11(7-5-10)9(3)12;1-9(2,3)8-6-5-7-10(8)13(4,11)12;1-9(2,3)8-6-5-7-10(8)4;2*1-8(2)9-4-6-10(3)7-5-9;1-8(2,3)7-5-4-6-9-7;2*1-7(2)8-3-5-9-6-4-8;1-5(2)6-3-7-4-6;1-3-2/h10H,7-9H2,1-6H3;10-11H,6-9H2,1-5H3;9H,5-7H2,1-4H3;4-7H2,1-3H3;8,10H,4-7H2,1-3H3;8H,5-7H2,1-4H3;8H,5-7H2,1-4H3;2*8-9H,4-7H2,1-3H3;7,9H,4-6H2,1-3H3;7-9H,3-6H2,1-2H3;7-8H,3-6H2,1-2H3;5-7H,3-4H2,1-2H3;. The van der Waals surface area contributed by atoms with Crippen molar-refractivity contribution in [2.45, 2.75) is 472 Å². The Bertz CT molecular complexity index is 3630. The number of sulfonamides is 1. The maximum atomic E-state index is 12.0. The summed E-state index contributed by atoms with van der Waals surface area (Å²) in [5.41, 5.74) is 0.502. The average Bonchev–Trinajstić information content (AvgIpc) is 1.80. The van der Waals surface area contributed by atoms with Crippen molar-refractivity contribution in [2.75, 3.05) is 165 Å². The Morgan fingerprint density at radius 1 is 0.365 bits per heavy atom. The van der Waals surface area contributed by atoms with Crippen molar-refractivity contribution in [3.8, 4) is 6.07 Å². The number of piperidine rings is 5. The molecule has 0 aromatic heterocycles. The molecular weight excluding hydrogens is 1890 g/mol. The van der Waals surface area contributed by atoms with Crippen molar-refractivity contribution >= 4 is 45.6 Å². The van der Waals surface area contributed by atoms with Crippen LogP contribution >= 0.6 is 0 Å². The number of amides is 4. The van der Waals surface area contributed by atoms with E-state index in [9.17, 15) is 32.9 Å². The van der Waals surface area contributed by atoms with Gasteiger partial charge in [-0.05, 0) is 398 Å². The normalized spacial score (nSPS) is 23.3. The van der Waals surface area contributed by atoms with E-state index >= 15 is 0 Å². The molecule has 0 saturated carbocycles. The Kier molecular flexibility index (Phi) is 68.6. The van der Waals surface area contributed by atoms with E-state index in [4.69, 9.17) is 27.4 Å². The van der Waals surface area contributed by atoms with Crippen LogP contribution in [-0.2, 0) is 50.1 Å². The van der Waals surface area contributed by atoms with Crippen molar-refractivity contribution in [1.29, 1.82) is 5.26 Å². The van der Waals surface area contributed by atoms with E-state index in [1.54, 1.807) is 18.2 Å². The third-order valence-corrected chi connectivity index (χ3v) is 34.8. The zero-order chi connectivity index (χ0) is 114. The summed E-state index contributed by atoms with van der Waals surface area (Å²) in [6.07, 6.45) is 30.3. The van der Waals surface area contributed by atoms with Gasteiger partial charge in [0.2, 0.25) is 21.8 Å². The fraction of sp³-hybridized carbons (Fsp3) is 0.959. The lowest BCUT2D eigenvalue weighted by Gasteiger charge is -2.41. The Balaban J connectivity index is 0.00000159. The average molecular weight is 2140 g/mol. The zero-order valence-corrected chi connectivity index (χ0v) is 107. The number of rotatable bonds is 8. The van der Waals surface area contributed by atoms with Crippen LogP contribution in [0.5, 0.6) is 0 Å². The summed E-state index contributed by atoms with van der Waals surface area (Å²) in [5, 5.41) is 19.3. The van der Waals surface area contributed by atoms with Gasteiger partial charge in [-0.3, -0.25) is 9.59 Å². The minimum Gasteiger partial charge on any atom is -0.444 e. The maximum Gasteiger partial charge on any atom is 0.410 e. The van der Waals surface area contributed by atoms with Crippen LogP contribution in [0, 0.1) is 132 Å². The molecule has 13 aliphatic rings. The van der Waals surface area contributed by atoms with E-state index in [1.807, 2.05) is 61.1 Å². The SMILES string of the molecule is CC(=O)N1CCC(C(C)C)CC1.CC(=O)N1CCCC1C(C)(C)C.CC(C)(C)C1(C#N)CCOCC1.CC(C)(C)C1CCCN1.CC(C)(C)C1CCCN1S(C)(=O)=O.CC(C)(C)OC(=O)N1CCCC1C(C)(C)C.CC(C)C1CCN(C(=O)OC(C)(C)C)CC1.CC(C)C1CCN(C)CC1.CC(C)C1CCN(C)CC1.CC(C)C1CCNCC1.CC(C)C1CCOCC1.CC(C)C1CNC1.CN1CCCC1C(C)(C)C.O=S=O. The molecule has 0 aliphatic carbocycles. The number of ether oxygens (including phenoxy) is 4. The molecule has 0 aromatic carbocycles. The second-order valence-corrected chi connectivity index (χ2v) is 58.6. The van der Waals surface area contributed by atoms with Gasteiger partial charge in [0.05, 0.1) is 17.7 Å². The topological polar surface area (TPSA) is 259 Å². The van der Waals surface area contributed by atoms with E-state index in [1.165, 1.54) is 174 Å². The summed E-state index contributed by atoms with van der Waals surface area (Å²) in [4.78, 5) is 61.1. The number of carbonyl (C=O) groups is 4. The second kappa shape index (κ2) is 70.3. The smallest absolute Gasteiger partial charge is 0.410 e. The summed E-state index contributed by atoms with van der Waals surface area (Å²) >= 11 is -0.750. The van der Waals surface area contributed by atoms with Gasteiger partial charge in [-0.1, -0.05) is 222 Å². The molecule has 3 N–H and O–H groups in total. The van der Waals surface area contributed by atoms with Gasteiger partial charge in [0.15, 0.2) is 0 Å². The molecule has 0 bridgehead atoms. The van der Waals surface area contributed by atoms with Crippen molar-refractivity contribution in [3.05, 3.63) is 0 Å². The lowest BCUT2D eigenvalue weighted by molar-refractivity contribution is -0.131. The second-order valence-electron chi connectivity index (χ2n) is 56.6. The van der Waals surface area contributed by atoms with Crippen LogP contribution in [0.4, 0.5) is 9.59 Å². The number of hydrogen-bond acceptors (Lipinski definition) is 19. The molecule has 0 radical (unpaired) electrons. The first-order valence-corrected chi connectivity index (χ1v) is 61.7. The van der Waals surface area contributed by atoms with Crippen LogP contribution in [0.3, 0.4) is 0 Å². The van der Waals surface area contributed by atoms with E-state index in [0.29, 0.717) is 29.5 Å². The van der Waals surface area contributed by atoms with Crippen molar-refractivity contribution in [2.24, 2.45) is 121 Å². The first-order valence-electron chi connectivity index (χ1n) is 59.2. The minimum absolute atomic E-state index is 0.0551. The molecule has 13 saturated heterocycles. The van der Waals surface area contributed by atoms with E-state index in [-0.39, 0.29) is 62.7 Å². The highest BCUT2D eigenvalue weighted by Gasteiger charge is 2.45. The van der Waals surface area contributed by atoms with E-state index < -0.39 is 27.2 Å². The van der Waals surface area contributed by atoms with Crippen molar-refractivity contribution < 1.29 is 55.0 Å². The molecular formula is C122H244N12O12S2. The molecule has 148 heavy (non-hydrogen) atoms. The highest BCUT2D eigenvalue weighted by molar-refractivity contribution is 7.88. The van der Waals surface area contributed by atoms with Crippen molar-refractivity contribution in [1.82, 2.24) is 54.6 Å². The van der Waals surface area contributed by atoms with Gasteiger partial charge in [0.1, 0.15) is 11.2 Å². The molecule has 13 aliphatic heterocycles. The third-order valence-electron chi connectivity index (χ3n) is 33.6. The molecule has 0 aromatic rings. The van der Waals surface area contributed by atoms with Crippen LogP contribution < -0.4 is 16.0 Å². The van der Waals surface area contributed by atoms with Crippen LogP contribution in [0.1, 0.15) is 431 Å². The Hall–Kier alpha value is -3.62. The van der Waals surface area contributed by atoms with Crippen LogP contribution in [0.15, 0.2) is 0 Å². The predicted octanol–water partition coefficient (Wildman–Crippen LogP) is 26.3. The highest BCUT2D eigenvalue weighted by Crippen LogP contribution is 2.46. The van der Waals surface area contributed by atoms with Crippen LogP contribution in [0.25, 0.3) is 0 Å². The highest BCUT2D eigenvalue weighted by atomic mass is 32.2. The van der Waals surface area contributed by atoms with Crippen LogP contribution in [-0.4, -0.2) is 286 Å².